The predicted molar refractivity (Wildman–Crippen MR) is 122 cm³/mol. The third-order valence-electron chi connectivity index (χ3n) is 4.16. The van der Waals surface area contributed by atoms with Crippen molar-refractivity contribution in [2.75, 3.05) is 5.32 Å². The highest BCUT2D eigenvalue weighted by atomic mass is 35.5. The summed E-state index contributed by atoms with van der Waals surface area (Å²) in [4.78, 5) is 34.7. The number of carbonyl (C=O) groups is 2. The summed E-state index contributed by atoms with van der Waals surface area (Å²) in [5.41, 5.74) is 1.49. The highest BCUT2D eigenvalue weighted by Crippen LogP contribution is 2.30. The highest BCUT2D eigenvalue weighted by molar-refractivity contribution is 8.15. The first-order chi connectivity index (χ1) is 14.7. The Labute approximate surface area is 191 Å². The summed E-state index contributed by atoms with van der Waals surface area (Å²) in [6.07, 6.45) is -0.0938. The molecule has 1 saturated heterocycles. The Morgan fingerprint density at radius 3 is 2.65 bits per heavy atom. The molecule has 0 spiro atoms. The fraction of sp³-hybridized carbons (Fsp3) is 0.158. The standard InChI is InChI=1S/C19H15Cl2N5O4S/c1-10(11-5-7-12(8-6-11)26(29)30)24-25-19-23-18(28)15(31-19)9-16(27)22-14-4-2-3-13(20)17(14)21/h2-8,15H,9H2,1H3,(H,22,27)(H,23,25,28). The first-order valence-electron chi connectivity index (χ1n) is 8.83. The van der Waals surface area contributed by atoms with E-state index in [4.69, 9.17) is 23.2 Å². The van der Waals surface area contributed by atoms with Gasteiger partial charge in [0.1, 0.15) is 5.25 Å². The second kappa shape index (κ2) is 9.90. The van der Waals surface area contributed by atoms with Crippen LogP contribution < -0.4 is 10.6 Å². The van der Waals surface area contributed by atoms with E-state index in [-0.39, 0.29) is 28.2 Å². The van der Waals surface area contributed by atoms with Gasteiger partial charge in [-0.05, 0) is 36.8 Å². The van der Waals surface area contributed by atoms with Gasteiger partial charge >= 0.3 is 0 Å². The highest BCUT2D eigenvalue weighted by Gasteiger charge is 2.32. The van der Waals surface area contributed by atoms with E-state index in [0.29, 0.717) is 22.0 Å². The summed E-state index contributed by atoms with van der Waals surface area (Å²) in [5.74, 6) is -0.761. The minimum absolute atomic E-state index is 0.0262. The molecule has 31 heavy (non-hydrogen) atoms. The molecule has 2 aromatic rings. The van der Waals surface area contributed by atoms with E-state index in [9.17, 15) is 19.7 Å². The lowest BCUT2D eigenvalue weighted by molar-refractivity contribution is -0.384. The number of carbonyl (C=O) groups excluding carboxylic acids is 2. The zero-order chi connectivity index (χ0) is 22.5. The third kappa shape index (κ3) is 5.81. The largest absolute Gasteiger partial charge is 0.325 e. The maximum atomic E-state index is 12.3. The van der Waals surface area contributed by atoms with E-state index < -0.39 is 16.1 Å². The minimum Gasteiger partial charge on any atom is -0.325 e. The number of thioether (sulfide) groups is 1. The van der Waals surface area contributed by atoms with Crippen LogP contribution in [0.1, 0.15) is 18.9 Å². The lowest BCUT2D eigenvalue weighted by Gasteiger charge is -2.09. The zero-order valence-corrected chi connectivity index (χ0v) is 18.3. The fourth-order valence-electron chi connectivity index (χ4n) is 2.56. The molecule has 1 aliphatic rings. The molecule has 3 rings (SSSR count). The van der Waals surface area contributed by atoms with Crippen LogP contribution >= 0.6 is 35.0 Å². The zero-order valence-electron chi connectivity index (χ0n) is 16.0. The average Bonchev–Trinajstić information content (AvgIpc) is 3.08. The van der Waals surface area contributed by atoms with Crippen LogP contribution in [0.3, 0.4) is 0 Å². The second-order valence-electron chi connectivity index (χ2n) is 6.34. The van der Waals surface area contributed by atoms with Crippen molar-refractivity contribution in [1.82, 2.24) is 5.32 Å². The van der Waals surface area contributed by atoms with Gasteiger partial charge in [0.2, 0.25) is 11.8 Å². The molecule has 12 heteroatoms. The quantitative estimate of drug-likeness (QED) is 0.363. The molecule has 0 aromatic heterocycles. The maximum absolute atomic E-state index is 12.3. The molecule has 0 bridgehead atoms. The third-order valence-corrected chi connectivity index (χ3v) is 6.05. The van der Waals surface area contributed by atoms with E-state index in [1.165, 1.54) is 12.1 Å². The molecule has 1 fully saturated rings. The smallest absolute Gasteiger partial charge is 0.269 e. The van der Waals surface area contributed by atoms with Gasteiger partial charge < -0.3 is 10.6 Å². The molecule has 1 atom stereocenters. The molecule has 1 aliphatic heterocycles. The summed E-state index contributed by atoms with van der Waals surface area (Å²) in [5, 5.41) is 24.1. The van der Waals surface area contributed by atoms with Crippen molar-refractivity contribution < 1.29 is 14.5 Å². The Bertz CT molecular complexity index is 1100. The molecule has 0 radical (unpaired) electrons. The van der Waals surface area contributed by atoms with Crippen LogP contribution in [0.4, 0.5) is 11.4 Å². The molecule has 2 N–H and O–H groups in total. The number of anilines is 1. The topological polar surface area (TPSA) is 126 Å². The van der Waals surface area contributed by atoms with Gasteiger partial charge in [0.15, 0.2) is 5.17 Å². The van der Waals surface area contributed by atoms with Gasteiger partial charge in [0, 0.05) is 18.6 Å². The van der Waals surface area contributed by atoms with Crippen molar-refractivity contribution in [2.45, 2.75) is 18.6 Å². The molecule has 9 nitrogen and oxygen atoms in total. The van der Waals surface area contributed by atoms with Gasteiger partial charge in [-0.15, -0.1) is 5.10 Å². The number of halogens is 2. The second-order valence-corrected chi connectivity index (χ2v) is 8.32. The van der Waals surface area contributed by atoms with Crippen molar-refractivity contribution in [3.8, 4) is 0 Å². The molecular weight excluding hydrogens is 465 g/mol. The van der Waals surface area contributed by atoms with Crippen molar-refractivity contribution >= 4 is 69.0 Å². The number of hydrogen-bond acceptors (Lipinski definition) is 7. The van der Waals surface area contributed by atoms with Crippen LogP contribution in [0.25, 0.3) is 0 Å². The van der Waals surface area contributed by atoms with E-state index in [1.54, 1.807) is 37.3 Å². The number of rotatable bonds is 6. The van der Waals surface area contributed by atoms with Crippen LogP contribution in [-0.4, -0.2) is 32.9 Å². The van der Waals surface area contributed by atoms with Gasteiger partial charge in [-0.1, -0.05) is 41.0 Å². The number of nitrogens with one attached hydrogen (secondary N) is 2. The fourth-order valence-corrected chi connectivity index (χ4v) is 3.82. The van der Waals surface area contributed by atoms with Crippen molar-refractivity contribution in [2.24, 2.45) is 10.2 Å². The lowest BCUT2D eigenvalue weighted by Crippen LogP contribution is -2.28. The van der Waals surface area contributed by atoms with E-state index in [0.717, 1.165) is 11.8 Å². The Hall–Kier alpha value is -2.95. The van der Waals surface area contributed by atoms with Gasteiger partial charge in [0.05, 0.1) is 26.4 Å². The lowest BCUT2D eigenvalue weighted by atomic mass is 10.1. The monoisotopic (exact) mass is 479 g/mol. The van der Waals surface area contributed by atoms with Gasteiger partial charge in [-0.25, -0.2) is 0 Å². The summed E-state index contributed by atoms with van der Waals surface area (Å²) in [6.45, 7) is 1.69. The van der Waals surface area contributed by atoms with Crippen LogP contribution in [0, 0.1) is 10.1 Å². The molecule has 160 valence electrons. The number of nitro groups is 1. The Kier molecular flexibility index (Phi) is 7.26. The van der Waals surface area contributed by atoms with Gasteiger partial charge in [-0.3, -0.25) is 19.7 Å². The van der Waals surface area contributed by atoms with Crippen LogP contribution in [0.15, 0.2) is 52.7 Å². The number of non-ortho nitro benzene ring substituents is 1. The molecular formula is C19H15Cl2N5O4S. The van der Waals surface area contributed by atoms with Crippen molar-refractivity contribution in [1.29, 1.82) is 0 Å². The minimum atomic E-state index is -0.674. The normalized spacial score (nSPS) is 17.5. The number of amides is 2. The molecule has 2 amide bonds. The van der Waals surface area contributed by atoms with Crippen LogP contribution in [-0.2, 0) is 9.59 Å². The van der Waals surface area contributed by atoms with Crippen molar-refractivity contribution in [3.05, 3.63) is 68.2 Å². The Morgan fingerprint density at radius 1 is 1.26 bits per heavy atom. The van der Waals surface area contributed by atoms with Gasteiger partial charge in [-0.2, -0.15) is 5.10 Å². The van der Waals surface area contributed by atoms with E-state index >= 15 is 0 Å². The van der Waals surface area contributed by atoms with E-state index in [1.807, 2.05) is 0 Å². The number of benzene rings is 2. The average molecular weight is 480 g/mol. The number of amidine groups is 1. The van der Waals surface area contributed by atoms with E-state index in [2.05, 4.69) is 20.8 Å². The SMILES string of the molecule is CC(=N/N=C1/NC(=O)C(CC(=O)Nc2cccc(Cl)c2Cl)S1)c1ccc([N+](=O)[O-])cc1. The Morgan fingerprint density at radius 2 is 1.97 bits per heavy atom. The molecule has 0 saturated carbocycles. The number of hydrogen-bond donors (Lipinski definition) is 2. The van der Waals surface area contributed by atoms with Crippen LogP contribution in [0.2, 0.25) is 10.0 Å². The molecule has 2 aromatic carbocycles. The summed E-state index contributed by atoms with van der Waals surface area (Å²) < 4.78 is 0. The molecule has 1 heterocycles. The first-order valence-corrected chi connectivity index (χ1v) is 10.5. The molecule has 0 aliphatic carbocycles. The summed E-state index contributed by atoms with van der Waals surface area (Å²) in [7, 11) is 0. The predicted octanol–water partition coefficient (Wildman–Crippen LogP) is 4.24. The van der Waals surface area contributed by atoms with Crippen molar-refractivity contribution in [3.63, 3.8) is 0 Å². The molecule has 1 unspecified atom stereocenters. The number of nitrogens with zero attached hydrogens (tertiary/aromatic N) is 3. The maximum Gasteiger partial charge on any atom is 0.269 e. The number of nitro benzene ring substituents is 1. The van der Waals surface area contributed by atoms with Crippen LogP contribution in [0.5, 0.6) is 0 Å². The summed E-state index contributed by atoms with van der Waals surface area (Å²) >= 11 is 13.1. The van der Waals surface area contributed by atoms with Gasteiger partial charge in [0.25, 0.3) is 5.69 Å². The first kappa shape index (κ1) is 22.7. The summed E-state index contributed by atoms with van der Waals surface area (Å²) in [6, 6.07) is 10.7. The Balaban J connectivity index is 1.61.